The second kappa shape index (κ2) is 8.58. The van der Waals surface area contributed by atoms with Crippen LogP contribution in [0.5, 0.6) is 11.6 Å². The molecule has 4 N–H and O–H groups in total. The largest absolute Gasteiger partial charge is 0.435 e. The van der Waals surface area contributed by atoms with Crippen LogP contribution in [0.1, 0.15) is 37.6 Å². The maximum absolute atomic E-state index is 14.7. The fourth-order valence-electron chi connectivity index (χ4n) is 5.97. The molecule has 1 aliphatic heterocycles. The number of hydrogen-bond donors (Lipinski definition) is 3. The van der Waals surface area contributed by atoms with E-state index in [-0.39, 0.29) is 5.82 Å². The Balaban J connectivity index is 1.53. The maximum atomic E-state index is 14.7. The molecule has 36 heavy (non-hydrogen) atoms. The van der Waals surface area contributed by atoms with Gasteiger partial charge in [-0.05, 0) is 62.6 Å². The molecule has 6 rings (SSSR count). The number of rotatable bonds is 6. The van der Waals surface area contributed by atoms with E-state index >= 15 is 0 Å². The van der Waals surface area contributed by atoms with Gasteiger partial charge in [0.1, 0.15) is 17.5 Å². The summed E-state index contributed by atoms with van der Waals surface area (Å²) >= 11 is 0. The van der Waals surface area contributed by atoms with Crippen LogP contribution in [0.15, 0.2) is 24.5 Å². The Morgan fingerprint density at radius 3 is 2.61 bits per heavy atom. The summed E-state index contributed by atoms with van der Waals surface area (Å²) in [4.78, 5) is 19.5. The number of hydrogen-bond acceptors (Lipinski definition) is 7. The molecule has 1 saturated heterocycles. The molecule has 1 saturated carbocycles. The van der Waals surface area contributed by atoms with Crippen LogP contribution in [0.3, 0.4) is 0 Å². The summed E-state index contributed by atoms with van der Waals surface area (Å²) in [5.74, 6) is 2.91. The van der Waals surface area contributed by atoms with E-state index in [1.54, 1.807) is 25.5 Å². The molecule has 2 fully saturated rings. The number of nitrogens with zero attached hydrogens (tertiary/aromatic N) is 4. The number of aromatic nitrogens is 4. The molecule has 4 aromatic rings. The molecular weight excluding hydrogens is 457 g/mol. The number of ether oxygens (including phenoxy) is 1. The van der Waals surface area contributed by atoms with Crippen LogP contribution in [0.25, 0.3) is 21.8 Å². The molecular formula is C27H32FN7O. The van der Waals surface area contributed by atoms with Crippen molar-refractivity contribution in [2.75, 3.05) is 36.9 Å². The first-order valence-electron chi connectivity index (χ1n) is 12.7. The van der Waals surface area contributed by atoms with E-state index in [1.165, 1.54) is 12.5 Å². The third-order valence-electron chi connectivity index (χ3n) is 8.16. The van der Waals surface area contributed by atoms with Crippen LogP contribution in [0.2, 0.25) is 0 Å². The van der Waals surface area contributed by atoms with Gasteiger partial charge in [0.05, 0.1) is 34.5 Å². The summed E-state index contributed by atoms with van der Waals surface area (Å²) in [5.41, 5.74) is 9.81. The van der Waals surface area contributed by atoms with Crippen LogP contribution < -0.4 is 20.7 Å². The number of piperidine rings is 1. The molecule has 188 valence electrons. The lowest BCUT2D eigenvalue weighted by atomic mass is 9.90. The first-order chi connectivity index (χ1) is 17.5. The molecule has 0 amide bonds. The molecule has 1 atom stereocenters. The number of nitrogens with two attached hydrogens (primary N) is 1. The van der Waals surface area contributed by atoms with Gasteiger partial charge in [0.2, 0.25) is 5.88 Å². The number of benzene rings is 1. The normalized spacial score (nSPS) is 18.8. The minimum atomic E-state index is -0.282. The quantitative estimate of drug-likeness (QED) is 0.353. The molecule has 8 nitrogen and oxygen atoms in total. The lowest BCUT2D eigenvalue weighted by Gasteiger charge is -2.34. The summed E-state index contributed by atoms with van der Waals surface area (Å²) in [5, 5.41) is 4.89. The van der Waals surface area contributed by atoms with Crippen LogP contribution >= 0.6 is 0 Å². The van der Waals surface area contributed by atoms with Crippen LogP contribution in [-0.4, -0.2) is 46.6 Å². The number of pyridine rings is 1. The monoisotopic (exact) mass is 489 g/mol. The molecule has 0 radical (unpaired) electrons. The molecule has 1 unspecified atom stereocenters. The number of fused-ring (bicyclic) bond motifs is 3. The van der Waals surface area contributed by atoms with Crippen molar-refractivity contribution in [2.45, 2.75) is 39.5 Å². The van der Waals surface area contributed by atoms with Gasteiger partial charge in [0.15, 0.2) is 5.75 Å². The highest BCUT2D eigenvalue weighted by Crippen LogP contribution is 2.59. The van der Waals surface area contributed by atoms with Gasteiger partial charge in [-0.1, -0.05) is 6.92 Å². The smallest absolute Gasteiger partial charge is 0.226 e. The SMILES string of the molecule is CCc1c(Oc2cnc(C)nc2)nc(N2CCC3(CC2)CC3CN)c2c1[nH]c1c(NC)cc(F)cc12. The highest BCUT2D eigenvalue weighted by Gasteiger charge is 2.53. The van der Waals surface area contributed by atoms with Crippen molar-refractivity contribution in [2.24, 2.45) is 17.1 Å². The van der Waals surface area contributed by atoms with Gasteiger partial charge in [0, 0.05) is 31.1 Å². The van der Waals surface area contributed by atoms with E-state index in [2.05, 4.69) is 32.1 Å². The Hall–Kier alpha value is -3.46. The van der Waals surface area contributed by atoms with Crippen LogP contribution in [0.4, 0.5) is 15.9 Å². The third-order valence-corrected chi connectivity index (χ3v) is 8.16. The fourth-order valence-corrected chi connectivity index (χ4v) is 5.97. The number of nitrogens with one attached hydrogen (secondary N) is 2. The van der Waals surface area contributed by atoms with E-state index in [1.807, 2.05) is 6.92 Å². The summed E-state index contributed by atoms with van der Waals surface area (Å²) in [7, 11) is 1.80. The first kappa shape index (κ1) is 23.0. The average molecular weight is 490 g/mol. The highest BCUT2D eigenvalue weighted by molar-refractivity contribution is 6.16. The Bertz CT molecular complexity index is 1440. The Labute approximate surface area is 209 Å². The number of aromatic amines is 1. The number of aryl methyl sites for hydroxylation is 2. The van der Waals surface area contributed by atoms with Crippen molar-refractivity contribution in [3.05, 3.63) is 41.7 Å². The van der Waals surface area contributed by atoms with Crippen molar-refractivity contribution < 1.29 is 9.13 Å². The molecule has 3 aromatic heterocycles. The summed E-state index contributed by atoms with van der Waals surface area (Å²) in [6.45, 7) is 6.45. The summed E-state index contributed by atoms with van der Waals surface area (Å²) < 4.78 is 21.0. The van der Waals surface area contributed by atoms with Crippen molar-refractivity contribution in [3.8, 4) is 11.6 Å². The van der Waals surface area contributed by atoms with E-state index in [9.17, 15) is 4.39 Å². The van der Waals surface area contributed by atoms with Crippen molar-refractivity contribution in [3.63, 3.8) is 0 Å². The Kier molecular flexibility index (Phi) is 5.48. The molecule has 1 aliphatic carbocycles. The average Bonchev–Trinajstić information content (AvgIpc) is 3.43. The molecule has 2 aliphatic rings. The van der Waals surface area contributed by atoms with Gasteiger partial charge in [-0.2, -0.15) is 4.98 Å². The highest BCUT2D eigenvalue weighted by atomic mass is 19.1. The number of halogens is 1. The summed E-state index contributed by atoms with van der Waals surface area (Å²) in [6, 6.07) is 3.12. The molecule has 4 heterocycles. The van der Waals surface area contributed by atoms with E-state index in [0.717, 1.165) is 65.7 Å². The lowest BCUT2D eigenvalue weighted by molar-refractivity contribution is 0.350. The van der Waals surface area contributed by atoms with Gasteiger partial charge in [0.25, 0.3) is 0 Å². The number of anilines is 2. The second-order valence-corrected chi connectivity index (χ2v) is 10.1. The molecule has 0 bridgehead atoms. The Morgan fingerprint density at radius 2 is 1.97 bits per heavy atom. The van der Waals surface area contributed by atoms with Gasteiger partial charge in [-0.25, -0.2) is 14.4 Å². The van der Waals surface area contributed by atoms with E-state index < -0.39 is 0 Å². The second-order valence-electron chi connectivity index (χ2n) is 10.1. The predicted octanol–water partition coefficient (Wildman–Crippen LogP) is 4.92. The van der Waals surface area contributed by atoms with Crippen LogP contribution in [-0.2, 0) is 6.42 Å². The topological polar surface area (TPSA) is 105 Å². The lowest BCUT2D eigenvalue weighted by Crippen LogP contribution is -2.36. The third kappa shape index (κ3) is 3.64. The zero-order chi connectivity index (χ0) is 25.0. The molecule has 9 heteroatoms. The van der Waals surface area contributed by atoms with Crippen LogP contribution in [0, 0.1) is 24.1 Å². The maximum Gasteiger partial charge on any atom is 0.226 e. The zero-order valence-corrected chi connectivity index (χ0v) is 21.0. The van der Waals surface area contributed by atoms with Gasteiger partial charge in [-0.3, -0.25) is 0 Å². The van der Waals surface area contributed by atoms with Gasteiger partial charge < -0.3 is 25.7 Å². The van der Waals surface area contributed by atoms with Crippen molar-refractivity contribution in [1.82, 2.24) is 19.9 Å². The molecule has 1 spiro atoms. The predicted molar refractivity (Wildman–Crippen MR) is 140 cm³/mol. The Morgan fingerprint density at radius 1 is 1.22 bits per heavy atom. The van der Waals surface area contributed by atoms with Gasteiger partial charge in [-0.15, -0.1) is 0 Å². The minimum absolute atomic E-state index is 0.282. The van der Waals surface area contributed by atoms with E-state index in [0.29, 0.717) is 40.9 Å². The first-order valence-corrected chi connectivity index (χ1v) is 12.7. The van der Waals surface area contributed by atoms with E-state index in [4.69, 9.17) is 15.5 Å². The molecule has 1 aromatic carbocycles. The van der Waals surface area contributed by atoms with Crippen molar-refractivity contribution in [1.29, 1.82) is 0 Å². The zero-order valence-electron chi connectivity index (χ0n) is 21.0. The minimum Gasteiger partial charge on any atom is -0.435 e. The number of H-pyrrole nitrogens is 1. The van der Waals surface area contributed by atoms with Crippen molar-refractivity contribution >= 4 is 33.3 Å². The standard InChI is InChI=1S/C27H32FN7O/c1-4-19-24-22(20-9-17(28)10-21(30-3)23(20)33-24)25(34-26(19)36-18-13-31-15(2)32-14-18)35-7-5-27(6-8-35)11-16(27)12-29/h9-10,13-14,16,30,33H,4-8,11-12,29H2,1-3H3. The van der Waals surface area contributed by atoms with Gasteiger partial charge >= 0.3 is 0 Å². The summed E-state index contributed by atoms with van der Waals surface area (Å²) in [6.07, 6.45) is 7.43. The fraction of sp³-hybridized carbons (Fsp3) is 0.444.